The first-order chi connectivity index (χ1) is 13.0. The maximum Gasteiger partial charge on any atom is 0.407 e. The van der Waals surface area contributed by atoms with Gasteiger partial charge in [0.05, 0.1) is 12.2 Å². The van der Waals surface area contributed by atoms with Gasteiger partial charge in [0.1, 0.15) is 17.7 Å². The predicted octanol–water partition coefficient (Wildman–Crippen LogP) is 3.61. The fourth-order valence-electron chi connectivity index (χ4n) is 2.14. The highest BCUT2D eigenvalue weighted by Crippen LogP contribution is 2.17. The Morgan fingerprint density at radius 2 is 2.00 bits per heavy atom. The monoisotopic (exact) mass is 462 g/mol. The molecule has 0 bridgehead atoms. The zero-order valence-electron chi connectivity index (χ0n) is 15.3. The van der Waals surface area contributed by atoms with E-state index in [4.69, 9.17) is 4.74 Å². The smallest absolute Gasteiger partial charge is 0.407 e. The summed E-state index contributed by atoms with van der Waals surface area (Å²) in [4.78, 5) is 24.0. The van der Waals surface area contributed by atoms with Gasteiger partial charge in [0, 0.05) is 16.6 Å². The first-order valence-corrected chi connectivity index (χ1v) is 8.87. The van der Waals surface area contributed by atoms with Gasteiger partial charge in [0.2, 0.25) is 0 Å². The summed E-state index contributed by atoms with van der Waals surface area (Å²) in [6.45, 7) is 3.77. The third-order valence-electron chi connectivity index (χ3n) is 3.36. The summed E-state index contributed by atoms with van der Waals surface area (Å²) in [5.74, 6) is -0.685. The van der Waals surface area contributed by atoms with Gasteiger partial charge in [-0.2, -0.15) is 13.9 Å². The fourth-order valence-corrected chi connectivity index (χ4v) is 2.48. The van der Waals surface area contributed by atoms with Gasteiger partial charge in [-0.25, -0.2) is 23.2 Å². The molecule has 1 amide bonds. The fraction of sp³-hybridized carbons (Fsp3) is 0.353. The van der Waals surface area contributed by atoms with E-state index in [-0.39, 0.29) is 5.69 Å². The molecule has 2 rings (SSSR count). The van der Waals surface area contributed by atoms with Crippen molar-refractivity contribution in [2.45, 2.75) is 32.9 Å². The largest absolute Gasteiger partial charge is 0.444 e. The molecule has 1 aromatic carbocycles. The summed E-state index contributed by atoms with van der Waals surface area (Å²) >= 11 is 3.11. The van der Waals surface area contributed by atoms with Crippen LogP contribution < -0.4 is 11.0 Å². The standard InChI is InChI=1S/C17H18BrF3N4O3/c1-17(2,3)28-15(26)22-7-10(14(20)21)8-25-16(27)24(9-23-25)13-5-4-11(18)6-12(13)19/h4-6,9H,7-8H2,1-3H3,(H,22,26). The SMILES string of the molecule is CC(C)(C)OC(=O)NCC(Cn1ncn(-c2ccc(Br)cc2F)c1=O)=C(F)F. The Morgan fingerprint density at radius 3 is 2.57 bits per heavy atom. The minimum Gasteiger partial charge on any atom is -0.444 e. The number of hydrogen-bond acceptors (Lipinski definition) is 4. The lowest BCUT2D eigenvalue weighted by molar-refractivity contribution is 0.0531. The Morgan fingerprint density at radius 1 is 1.32 bits per heavy atom. The summed E-state index contributed by atoms with van der Waals surface area (Å²) in [6.07, 6.45) is -1.91. The average Bonchev–Trinajstić information content (AvgIpc) is 2.90. The van der Waals surface area contributed by atoms with Crippen molar-refractivity contribution in [1.82, 2.24) is 19.7 Å². The molecule has 0 saturated carbocycles. The number of rotatable bonds is 5. The van der Waals surface area contributed by atoms with Crippen LogP contribution in [0.25, 0.3) is 5.69 Å². The molecule has 1 aromatic heterocycles. The summed E-state index contributed by atoms with van der Waals surface area (Å²) in [7, 11) is 0. The van der Waals surface area contributed by atoms with E-state index in [9.17, 15) is 22.8 Å². The minimum absolute atomic E-state index is 0.0717. The van der Waals surface area contributed by atoms with Crippen LogP contribution >= 0.6 is 15.9 Å². The number of nitrogens with zero attached hydrogens (tertiary/aromatic N) is 3. The molecule has 0 aliphatic heterocycles. The van der Waals surface area contributed by atoms with Crippen molar-refractivity contribution in [3.05, 3.63) is 57.0 Å². The van der Waals surface area contributed by atoms with Crippen LogP contribution in [0.15, 0.2) is 45.4 Å². The maximum absolute atomic E-state index is 14.0. The van der Waals surface area contributed by atoms with E-state index in [0.29, 0.717) is 4.47 Å². The number of carbonyl (C=O) groups is 1. The molecule has 7 nitrogen and oxygen atoms in total. The molecule has 152 valence electrons. The number of aromatic nitrogens is 3. The Bertz CT molecular complexity index is 959. The second-order valence-corrected chi connectivity index (χ2v) is 7.67. The molecule has 0 saturated heterocycles. The first-order valence-electron chi connectivity index (χ1n) is 8.07. The van der Waals surface area contributed by atoms with Crippen LogP contribution in [0.3, 0.4) is 0 Å². The first kappa shape index (κ1) is 21.7. The summed E-state index contributed by atoms with van der Waals surface area (Å²) in [5.41, 5.74) is -2.20. The molecular formula is C17H18BrF3N4O3. The van der Waals surface area contributed by atoms with Gasteiger partial charge in [-0.15, -0.1) is 0 Å². The van der Waals surface area contributed by atoms with Crippen LogP contribution in [0.1, 0.15) is 20.8 Å². The van der Waals surface area contributed by atoms with Crippen LogP contribution in [0.2, 0.25) is 0 Å². The van der Waals surface area contributed by atoms with E-state index in [1.165, 1.54) is 12.1 Å². The van der Waals surface area contributed by atoms with Crippen LogP contribution in [-0.2, 0) is 11.3 Å². The summed E-state index contributed by atoms with van der Waals surface area (Å²) < 4.78 is 47.6. The Balaban J connectivity index is 2.17. The predicted molar refractivity (Wildman–Crippen MR) is 99.0 cm³/mol. The molecule has 0 spiro atoms. The molecular weight excluding hydrogens is 445 g/mol. The van der Waals surface area contributed by atoms with E-state index < -0.39 is 47.9 Å². The second kappa shape index (κ2) is 8.63. The van der Waals surface area contributed by atoms with Gasteiger partial charge in [-0.1, -0.05) is 15.9 Å². The zero-order valence-corrected chi connectivity index (χ0v) is 16.9. The number of ether oxygens (including phenoxy) is 1. The number of hydrogen-bond donors (Lipinski definition) is 1. The molecule has 0 aliphatic carbocycles. The van der Waals surface area contributed by atoms with Gasteiger partial charge in [-0.05, 0) is 39.0 Å². The van der Waals surface area contributed by atoms with E-state index >= 15 is 0 Å². The van der Waals surface area contributed by atoms with E-state index in [0.717, 1.165) is 21.6 Å². The van der Waals surface area contributed by atoms with Gasteiger partial charge < -0.3 is 10.1 Å². The van der Waals surface area contributed by atoms with Gasteiger partial charge in [-0.3, -0.25) is 0 Å². The highest BCUT2D eigenvalue weighted by Gasteiger charge is 2.18. The number of carbonyl (C=O) groups excluding carboxylic acids is 1. The summed E-state index contributed by atoms with van der Waals surface area (Å²) in [5, 5.41) is 5.94. The number of amides is 1. The Labute approximate surface area is 166 Å². The maximum atomic E-state index is 14.0. The highest BCUT2D eigenvalue weighted by atomic mass is 79.9. The molecule has 1 heterocycles. The van der Waals surface area contributed by atoms with E-state index in [2.05, 4.69) is 26.3 Å². The highest BCUT2D eigenvalue weighted by molar-refractivity contribution is 9.10. The summed E-state index contributed by atoms with van der Waals surface area (Å²) in [6, 6.07) is 4.04. The van der Waals surface area contributed by atoms with Crippen molar-refractivity contribution < 1.29 is 22.7 Å². The van der Waals surface area contributed by atoms with Gasteiger partial charge in [0.25, 0.3) is 6.08 Å². The lowest BCUT2D eigenvalue weighted by Crippen LogP contribution is -2.35. The number of benzene rings is 1. The molecule has 0 fully saturated rings. The van der Waals surface area contributed by atoms with Crippen LogP contribution in [0, 0.1) is 5.82 Å². The molecule has 11 heteroatoms. The quantitative estimate of drug-likeness (QED) is 0.735. The lowest BCUT2D eigenvalue weighted by Gasteiger charge is -2.19. The van der Waals surface area contributed by atoms with Crippen molar-refractivity contribution in [3.8, 4) is 5.69 Å². The molecule has 28 heavy (non-hydrogen) atoms. The zero-order chi connectivity index (χ0) is 21.1. The topological polar surface area (TPSA) is 78.2 Å². The third kappa shape index (κ3) is 5.72. The number of alkyl carbamates (subject to hydrolysis) is 1. The van der Waals surface area contributed by atoms with Gasteiger partial charge >= 0.3 is 11.8 Å². The van der Waals surface area contributed by atoms with Crippen LogP contribution in [0.4, 0.5) is 18.0 Å². The molecule has 0 unspecified atom stereocenters. The van der Waals surface area contributed by atoms with Crippen molar-refractivity contribution in [3.63, 3.8) is 0 Å². The number of nitrogens with one attached hydrogen (secondary N) is 1. The van der Waals surface area contributed by atoms with Gasteiger partial charge in [0.15, 0.2) is 0 Å². The molecule has 0 radical (unpaired) electrons. The van der Waals surface area contributed by atoms with Crippen molar-refractivity contribution >= 4 is 22.0 Å². The molecule has 2 aromatic rings. The third-order valence-corrected chi connectivity index (χ3v) is 3.85. The van der Waals surface area contributed by atoms with E-state index in [1.54, 1.807) is 20.8 Å². The van der Waals surface area contributed by atoms with Crippen molar-refractivity contribution in [2.75, 3.05) is 6.54 Å². The van der Waals surface area contributed by atoms with Crippen molar-refractivity contribution in [1.29, 1.82) is 0 Å². The normalized spacial score (nSPS) is 11.2. The molecule has 0 atom stereocenters. The van der Waals surface area contributed by atoms with Crippen molar-refractivity contribution in [2.24, 2.45) is 0 Å². The second-order valence-electron chi connectivity index (χ2n) is 6.76. The lowest BCUT2D eigenvalue weighted by atomic mass is 10.2. The Hall–Kier alpha value is -2.56. The number of halogens is 4. The Kier molecular flexibility index (Phi) is 6.70. The van der Waals surface area contributed by atoms with Crippen LogP contribution in [0.5, 0.6) is 0 Å². The van der Waals surface area contributed by atoms with E-state index in [1.807, 2.05) is 0 Å². The van der Waals surface area contributed by atoms with Crippen LogP contribution in [-0.4, -0.2) is 32.6 Å². The average molecular weight is 463 g/mol. The molecule has 0 aliphatic rings. The minimum atomic E-state index is -2.06. The molecule has 1 N–H and O–H groups in total.